The van der Waals surface area contributed by atoms with Crippen molar-refractivity contribution < 1.29 is 40.6 Å². The first-order valence-corrected chi connectivity index (χ1v) is 14.0. The van der Waals surface area contributed by atoms with E-state index in [2.05, 4.69) is 18.6 Å². The molecule has 0 aromatic heterocycles. The summed E-state index contributed by atoms with van der Waals surface area (Å²) in [5.74, 6) is -0.328. The summed E-state index contributed by atoms with van der Waals surface area (Å²) < 4.78 is 89.0. The first kappa shape index (κ1) is 30.1. The van der Waals surface area contributed by atoms with Crippen molar-refractivity contribution in [3.8, 4) is 5.75 Å². The zero-order valence-corrected chi connectivity index (χ0v) is 23.6. The van der Waals surface area contributed by atoms with Crippen LogP contribution in [0.25, 0.3) is 5.57 Å². The van der Waals surface area contributed by atoms with Crippen LogP contribution in [0.15, 0.2) is 46.9 Å². The molecule has 1 fully saturated rings. The highest BCUT2D eigenvalue weighted by molar-refractivity contribution is 7.98. The molecule has 0 saturated carbocycles. The largest absolute Gasteiger partial charge is 0.573 e. The van der Waals surface area contributed by atoms with Crippen LogP contribution in [-0.4, -0.2) is 36.2 Å². The normalized spacial score (nSPS) is 21.6. The van der Waals surface area contributed by atoms with E-state index in [1.807, 2.05) is 6.26 Å². The Hall–Kier alpha value is -2.82. The average Bonchev–Trinajstić information content (AvgIpc) is 3.10. The molecule has 1 amide bonds. The maximum Gasteiger partial charge on any atom is 0.573 e. The number of carbonyl (C=O) groups is 1. The predicted molar refractivity (Wildman–Crippen MR) is 141 cm³/mol. The van der Waals surface area contributed by atoms with E-state index < -0.39 is 36.3 Å². The van der Waals surface area contributed by atoms with Gasteiger partial charge >= 0.3 is 18.6 Å². The maximum absolute atomic E-state index is 13.5. The topological polar surface area (TPSA) is 38.8 Å². The number of hydrogen-bond donors (Lipinski definition) is 0. The highest BCUT2D eigenvalue weighted by Crippen LogP contribution is 2.46. The zero-order valence-electron chi connectivity index (χ0n) is 22.8. The van der Waals surface area contributed by atoms with E-state index in [-0.39, 0.29) is 23.3 Å². The van der Waals surface area contributed by atoms with E-state index in [0.717, 1.165) is 34.6 Å². The molecule has 2 atom stereocenters. The van der Waals surface area contributed by atoms with Gasteiger partial charge in [-0.15, -0.1) is 24.9 Å². The van der Waals surface area contributed by atoms with Crippen LogP contribution < -0.4 is 4.74 Å². The van der Waals surface area contributed by atoms with Gasteiger partial charge in [-0.1, -0.05) is 25.5 Å². The van der Waals surface area contributed by atoms with Crippen LogP contribution in [0.5, 0.6) is 5.75 Å². The lowest BCUT2D eigenvalue weighted by atomic mass is 9.72. The van der Waals surface area contributed by atoms with E-state index in [1.54, 1.807) is 26.0 Å². The molecule has 1 heterocycles. The summed E-state index contributed by atoms with van der Waals surface area (Å²) in [5.41, 5.74) is 2.06. The molecule has 1 saturated heterocycles. The molecule has 1 aliphatic carbocycles. The summed E-state index contributed by atoms with van der Waals surface area (Å²) in [6.07, 6.45) is -7.15. The average molecular weight is 588 g/mol. The molecule has 0 spiro atoms. The molecule has 4 nitrogen and oxygen atoms in total. The number of hydrogen-bond acceptors (Lipinski definition) is 4. The Balaban J connectivity index is 1.71. The molecule has 1 aliphatic heterocycles. The van der Waals surface area contributed by atoms with Crippen molar-refractivity contribution >= 4 is 23.4 Å². The van der Waals surface area contributed by atoms with Gasteiger partial charge < -0.3 is 9.47 Å². The second-order valence-electron chi connectivity index (χ2n) is 11.1. The third kappa shape index (κ3) is 6.72. The summed E-state index contributed by atoms with van der Waals surface area (Å²) >= 11 is 1.40. The first-order valence-electron chi connectivity index (χ1n) is 12.8. The van der Waals surface area contributed by atoms with E-state index in [0.29, 0.717) is 24.0 Å². The molecular weight excluding hydrogens is 556 g/mol. The van der Waals surface area contributed by atoms with Crippen molar-refractivity contribution in [2.75, 3.05) is 12.8 Å². The molecule has 0 N–H and O–H groups in total. The fraction of sp³-hybridized carbons (Fsp3) is 0.483. The third-order valence-corrected chi connectivity index (χ3v) is 8.20. The van der Waals surface area contributed by atoms with E-state index in [1.165, 1.54) is 28.8 Å². The number of halogens is 6. The number of rotatable bonds is 6. The molecule has 0 radical (unpaired) electrons. The fourth-order valence-corrected chi connectivity index (χ4v) is 6.12. The highest BCUT2D eigenvalue weighted by Gasteiger charge is 2.42. The number of nitrogens with zero attached hydrogens (tertiary/aromatic N) is 1. The van der Waals surface area contributed by atoms with Gasteiger partial charge in [0.25, 0.3) is 0 Å². The molecule has 4 rings (SSSR count). The van der Waals surface area contributed by atoms with E-state index in [9.17, 15) is 31.1 Å². The van der Waals surface area contributed by atoms with Gasteiger partial charge in [-0.2, -0.15) is 13.2 Å². The second-order valence-corrected chi connectivity index (χ2v) is 12.0. The highest BCUT2D eigenvalue weighted by atomic mass is 32.2. The van der Waals surface area contributed by atoms with Gasteiger partial charge in [0.2, 0.25) is 0 Å². The SMILES string of the molecule is CSc1ccc(OC(F)(F)F)cc1C1=C(CN2C(=O)O[C@H](c3cc(C)cc(C(F)(F)F)c3)[C@@H]2C)CC(C)(C)CC1. The predicted octanol–water partition coefficient (Wildman–Crippen LogP) is 9.18. The number of amides is 1. The van der Waals surface area contributed by atoms with Crippen molar-refractivity contribution in [1.82, 2.24) is 4.90 Å². The smallest absolute Gasteiger partial charge is 0.439 e. The Labute approximate surface area is 233 Å². The lowest BCUT2D eigenvalue weighted by Gasteiger charge is -2.36. The lowest BCUT2D eigenvalue weighted by molar-refractivity contribution is -0.274. The van der Waals surface area contributed by atoms with Gasteiger partial charge in [-0.3, -0.25) is 4.90 Å². The molecule has 218 valence electrons. The van der Waals surface area contributed by atoms with Crippen molar-refractivity contribution in [3.05, 3.63) is 64.2 Å². The Bertz CT molecular complexity index is 1320. The molecule has 0 unspecified atom stereocenters. The van der Waals surface area contributed by atoms with Gasteiger partial charge in [0.15, 0.2) is 0 Å². The molecule has 40 heavy (non-hydrogen) atoms. The van der Waals surface area contributed by atoms with Crippen molar-refractivity contribution in [2.45, 2.75) is 76.5 Å². The van der Waals surface area contributed by atoms with Crippen molar-refractivity contribution in [3.63, 3.8) is 0 Å². The number of alkyl halides is 6. The molecule has 2 aromatic carbocycles. The van der Waals surface area contributed by atoms with E-state index >= 15 is 0 Å². The minimum absolute atomic E-state index is 0.122. The number of aryl methyl sites for hydroxylation is 1. The Kier molecular flexibility index (Phi) is 8.19. The summed E-state index contributed by atoms with van der Waals surface area (Å²) in [4.78, 5) is 15.3. The number of thioether (sulfide) groups is 1. The monoisotopic (exact) mass is 587 g/mol. The van der Waals surface area contributed by atoms with Gasteiger partial charge in [0, 0.05) is 11.4 Å². The number of cyclic esters (lactones) is 1. The quantitative estimate of drug-likeness (QED) is 0.250. The summed E-state index contributed by atoms with van der Waals surface area (Å²) in [5, 5.41) is 0. The molecule has 11 heteroatoms. The van der Waals surface area contributed by atoms with Crippen LogP contribution in [0, 0.1) is 12.3 Å². The van der Waals surface area contributed by atoms with Crippen LogP contribution in [0.2, 0.25) is 0 Å². The maximum atomic E-state index is 13.5. The number of allylic oxidation sites excluding steroid dienone is 1. The van der Waals surface area contributed by atoms with Crippen LogP contribution in [-0.2, 0) is 10.9 Å². The van der Waals surface area contributed by atoms with Gasteiger partial charge in [-0.05, 0) is 97.4 Å². The summed E-state index contributed by atoms with van der Waals surface area (Å²) in [6, 6.07) is 7.31. The lowest BCUT2D eigenvalue weighted by Crippen LogP contribution is -2.35. The minimum atomic E-state index is -4.84. The second kappa shape index (κ2) is 10.9. The minimum Gasteiger partial charge on any atom is -0.439 e. The number of ether oxygens (including phenoxy) is 2. The Morgan fingerprint density at radius 2 is 1.80 bits per heavy atom. The standard InChI is InChI=1S/C29H31F6NO3S/c1-16-10-18(12-20(11-16)28(30,31)32)25-17(2)36(26(37)38-25)15-19-14-27(3,4)9-8-22(19)23-13-21(39-29(33,34)35)6-7-24(23)40-5/h6-7,10-13,17,25H,8-9,14-15H2,1-5H3/t17-,25-/m0/s1. The van der Waals surface area contributed by atoms with E-state index in [4.69, 9.17) is 4.74 Å². The van der Waals surface area contributed by atoms with Crippen LogP contribution in [0.3, 0.4) is 0 Å². The molecular formula is C29H31F6NO3S. The molecule has 0 bridgehead atoms. The molecule has 2 aromatic rings. The first-order chi connectivity index (χ1) is 18.5. The number of benzene rings is 2. The van der Waals surface area contributed by atoms with Crippen LogP contribution >= 0.6 is 11.8 Å². The van der Waals surface area contributed by atoms with Crippen LogP contribution in [0.1, 0.15) is 68.4 Å². The summed E-state index contributed by atoms with van der Waals surface area (Å²) in [6.45, 7) is 7.60. The van der Waals surface area contributed by atoms with Gasteiger partial charge in [-0.25, -0.2) is 4.79 Å². The van der Waals surface area contributed by atoms with Crippen molar-refractivity contribution in [1.29, 1.82) is 0 Å². The van der Waals surface area contributed by atoms with Gasteiger partial charge in [0.1, 0.15) is 11.9 Å². The van der Waals surface area contributed by atoms with Crippen molar-refractivity contribution in [2.24, 2.45) is 5.41 Å². The third-order valence-electron chi connectivity index (χ3n) is 7.41. The van der Waals surface area contributed by atoms with Gasteiger partial charge in [0.05, 0.1) is 11.6 Å². The Morgan fingerprint density at radius 3 is 2.42 bits per heavy atom. The molecule has 2 aliphatic rings. The van der Waals surface area contributed by atoms with Crippen LogP contribution in [0.4, 0.5) is 31.1 Å². The zero-order chi connectivity index (χ0) is 29.6. The number of carbonyl (C=O) groups excluding carboxylic acids is 1. The summed E-state index contributed by atoms with van der Waals surface area (Å²) in [7, 11) is 0. The fourth-order valence-electron chi connectivity index (χ4n) is 5.52. The Morgan fingerprint density at radius 1 is 1.10 bits per heavy atom.